The summed E-state index contributed by atoms with van der Waals surface area (Å²) in [5, 5.41) is 0. The molecule has 4 aliphatic heterocycles. The molecule has 4 aliphatic rings. The fourth-order valence-corrected chi connectivity index (χ4v) is 6.58. The molecule has 1 spiro atoms. The molecular formula is C26H36F3N3O2. The van der Waals surface area contributed by atoms with Gasteiger partial charge in [0.2, 0.25) is 5.91 Å². The highest BCUT2D eigenvalue weighted by Gasteiger charge is 2.49. The number of hydrogen-bond donors (Lipinski definition) is 0. The molecule has 0 aromatic heterocycles. The summed E-state index contributed by atoms with van der Waals surface area (Å²) in [5.74, 6) is -0.175. The first-order chi connectivity index (χ1) is 16.3. The number of anilines is 2. The van der Waals surface area contributed by atoms with Crippen LogP contribution in [-0.4, -0.2) is 62.3 Å². The first-order valence-electron chi connectivity index (χ1n) is 12.9. The lowest BCUT2D eigenvalue weighted by Gasteiger charge is -2.44. The molecule has 4 heterocycles. The predicted molar refractivity (Wildman–Crippen MR) is 126 cm³/mol. The molecule has 0 N–H and O–H groups in total. The van der Waals surface area contributed by atoms with E-state index < -0.39 is 17.2 Å². The van der Waals surface area contributed by atoms with Gasteiger partial charge in [0, 0.05) is 50.6 Å². The molecule has 4 fully saturated rings. The maximum atomic E-state index is 14.2. The molecule has 1 unspecified atom stereocenters. The molecule has 34 heavy (non-hydrogen) atoms. The Morgan fingerprint density at radius 3 is 2.38 bits per heavy atom. The van der Waals surface area contributed by atoms with Crippen LogP contribution >= 0.6 is 0 Å². The van der Waals surface area contributed by atoms with E-state index in [1.807, 2.05) is 0 Å². The van der Waals surface area contributed by atoms with Gasteiger partial charge in [-0.3, -0.25) is 9.69 Å². The number of piperidine rings is 2. The fourth-order valence-electron chi connectivity index (χ4n) is 6.58. The van der Waals surface area contributed by atoms with Crippen LogP contribution in [0.4, 0.5) is 24.5 Å². The average molecular weight is 480 g/mol. The number of nitrogens with zero attached hydrogens (tertiary/aromatic N) is 3. The summed E-state index contributed by atoms with van der Waals surface area (Å²) in [5.41, 5.74) is -0.655. The van der Waals surface area contributed by atoms with Crippen molar-refractivity contribution in [1.82, 2.24) is 4.90 Å². The van der Waals surface area contributed by atoms with Gasteiger partial charge in [-0.05, 0) is 76.6 Å². The predicted octanol–water partition coefficient (Wildman–Crippen LogP) is 5.08. The highest BCUT2D eigenvalue weighted by atomic mass is 19.4. The van der Waals surface area contributed by atoms with Gasteiger partial charge in [0.05, 0.1) is 16.7 Å². The summed E-state index contributed by atoms with van der Waals surface area (Å²) < 4.78 is 47.9. The van der Waals surface area contributed by atoms with E-state index in [9.17, 15) is 18.0 Å². The SMILES string of the molecule is CC1CCCCN1C1CCN(c2ccc(N3CCC4(CCOCC4)C3=O)c(C(F)(F)F)c2)CC1. The van der Waals surface area contributed by atoms with Crippen molar-refractivity contribution in [2.75, 3.05) is 49.2 Å². The van der Waals surface area contributed by atoms with Crippen molar-refractivity contribution >= 4 is 17.3 Å². The van der Waals surface area contributed by atoms with E-state index in [0.717, 1.165) is 32.5 Å². The second-order valence-corrected chi connectivity index (χ2v) is 10.6. The van der Waals surface area contributed by atoms with Gasteiger partial charge in [0.15, 0.2) is 0 Å². The normalized spacial score (nSPS) is 27.1. The van der Waals surface area contributed by atoms with Crippen LogP contribution in [0, 0.1) is 5.41 Å². The first kappa shape index (κ1) is 23.9. The van der Waals surface area contributed by atoms with Crippen molar-refractivity contribution in [1.29, 1.82) is 0 Å². The van der Waals surface area contributed by atoms with Crippen LogP contribution in [0.25, 0.3) is 0 Å². The molecule has 8 heteroatoms. The highest BCUT2D eigenvalue weighted by molar-refractivity contribution is 6.00. The summed E-state index contributed by atoms with van der Waals surface area (Å²) in [6.07, 6.45) is 2.97. The molecule has 0 aliphatic carbocycles. The Morgan fingerprint density at radius 1 is 0.971 bits per heavy atom. The Morgan fingerprint density at radius 2 is 1.71 bits per heavy atom. The third-order valence-corrected chi connectivity index (χ3v) is 8.69. The van der Waals surface area contributed by atoms with Gasteiger partial charge in [-0.1, -0.05) is 6.42 Å². The number of rotatable bonds is 3. The number of hydrogen-bond acceptors (Lipinski definition) is 4. The van der Waals surface area contributed by atoms with E-state index in [1.165, 1.54) is 36.3 Å². The number of carbonyl (C=O) groups excluding carboxylic acids is 1. The molecule has 4 saturated heterocycles. The largest absolute Gasteiger partial charge is 0.418 e. The molecule has 5 nitrogen and oxygen atoms in total. The standard InChI is InChI=1S/C26H36F3N3O2/c1-19-4-2-3-12-31(19)20-7-13-30(14-8-20)21-5-6-23(22(18-21)26(27,28)29)32-15-9-25(24(32)33)10-16-34-17-11-25/h5-6,18-20H,2-4,7-17H2,1H3. The van der Waals surface area contributed by atoms with Crippen LogP contribution in [-0.2, 0) is 15.7 Å². The molecule has 1 aromatic rings. The van der Waals surface area contributed by atoms with E-state index in [1.54, 1.807) is 6.07 Å². The number of amides is 1. The van der Waals surface area contributed by atoms with Crippen LogP contribution in [0.15, 0.2) is 18.2 Å². The lowest BCUT2D eigenvalue weighted by atomic mass is 9.79. The number of halogens is 3. The third-order valence-electron chi connectivity index (χ3n) is 8.69. The molecule has 5 rings (SSSR count). The maximum Gasteiger partial charge on any atom is 0.418 e. The van der Waals surface area contributed by atoms with Crippen LogP contribution < -0.4 is 9.80 Å². The Hall–Kier alpha value is -1.80. The number of likely N-dealkylation sites (tertiary alicyclic amines) is 1. The van der Waals surface area contributed by atoms with Gasteiger partial charge >= 0.3 is 6.18 Å². The molecule has 0 bridgehead atoms. The van der Waals surface area contributed by atoms with Gasteiger partial charge in [-0.25, -0.2) is 0 Å². The minimum atomic E-state index is -4.52. The second kappa shape index (κ2) is 9.34. The average Bonchev–Trinajstić information content (AvgIpc) is 3.14. The Labute approximate surface area is 200 Å². The molecular weight excluding hydrogens is 443 g/mol. The van der Waals surface area contributed by atoms with Crippen LogP contribution in [0.1, 0.15) is 63.9 Å². The van der Waals surface area contributed by atoms with Crippen LogP contribution in [0.2, 0.25) is 0 Å². The summed E-state index contributed by atoms with van der Waals surface area (Å²) in [6.45, 7) is 6.28. The van der Waals surface area contributed by atoms with E-state index in [4.69, 9.17) is 4.74 Å². The second-order valence-electron chi connectivity index (χ2n) is 10.6. The van der Waals surface area contributed by atoms with Crippen molar-refractivity contribution in [3.05, 3.63) is 23.8 Å². The maximum absolute atomic E-state index is 14.2. The Balaban J connectivity index is 1.33. The quantitative estimate of drug-likeness (QED) is 0.606. The monoisotopic (exact) mass is 479 g/mol. The Kier molecular flexibility index (Phi) is 6.57. The van der Waals surface area contributed by atoms with Crippen LogP contribution in [0.5, 0.6) is 0 Å². The van der Waals surface area contributed by atoms with Crippen molar-refractivity contribution in [2.45, 2.75) is 76.6 Å². The summed E-state index contributed by atoms with van der Waals surface area (Å²) in [7, 11) is 0. The van der Waals surface area contributed by atoms with Gasteiger partial charge < -0.3 is 14.5 Å². The number of ether oxygens (including phenoxy) is 1. The third kappa shape index (κ3) is 4.43. The number of alkyl halides is 3. The topological polar surface area (TPSA) is 36.0 Å². The fraction of sp³-hybridized carbons (Fsp3) is 0.731. The smallest absolute Gasteiger partial charge is 0.381 e. The molecule has 1 atom stereocenters. The highest BCUT2D eigenvalue weighted by Crippen LogP contribution is 2.46. The van der Waals surface area contributed by atoms with Crippen molar-refractivity contribution in [3.63, 3.8) is 0 Å². The van der Waals surface area contributed by atoms with E-state index in [-0.39, 0.29) is 11.6 Å². The summed E-state index contributed by atoms with van der Waals surface area (Å²) in [4.78, 5) is 19.3. The van der Waals surface area contributed by atoms with Gasteiger partial charge in [0.1, 0.15) is 0 Å². The zero-order valence-corrected chi connectivity index (χ0v) is 20.1. The zero-order chi connectivity index (χ0) is 23.9. The molecule has 188 valence electrons. The minimum absolute atomic E-state index is 0.00152. The first-order valence-corrected chi connectivity index (χ1v) is 12.9. The number of carbonyl (C=O) groups is 1. The molecule has 0 saturated carbocycles. The van der Waals surface area contributed by atoms with Crippen molar-refractivity contribution in [2.24, 2.45) is 5.41 Å². The molecule has 1 aromatic carbocycles. The van der Waals surface area contributed by atoms with Gasteiger partial charge in [-0.15, -0.1) is 0 Å². The number of benzene rings is 1. The van der Waals surface area contributed by atoms with Crippen molar-refractivity contribution in [3.8, 4) is 0 Å². The zero-order valence-electron chi connectivity index (χ0n) is 20.1. The van der Waals surface area contributed by atoms with Crippen molar-refractivity contribution < 1.29 is 22.7 Å². The minimum Gasteiger partial charge on any atom is -0.381 e. The molecule has 0 radical (unpaired) electrons. The van der Waals surface area contributed by atoms with Gasteiger partial charge in [0.25, 0.3) is 0 Å². The van der Waals surface area contributed by atoms with E-state index in [0.29, 0.717) is 56.8 Å². The van der Waals surface area contributed by atoms with E-state index >= 15 is 0 Å². The lowest BCUT2D eigenvalue weighted by molar-refractivity contribution is -0.137. The Bertz CT molecular complexity index is 892. The van der Waals surface area contributed by atoms with E-state index in [2.05, 4.69) is 16.7 Å². The van der Waals surface area contributed by atoms with Crippen LogP contribution in [0.3, 0.4) is 0 Å². The lowest BCUT2D eigenvalue weighted by Crippen LogP contribution is -2.50. The molecule has 1 amide bonds. The van der Waals surface area contributed by atoms with Gasteiger partial charge in [-0.2, -0.15) is 13.2 Å². The summed E-state index contributed by atoms with van der Waals surface area (Å²) >= 11 is 0. The summed E-state index contributed by atoms with van der Waals surface area (Å²) in [6, 6.07) is 5.68.